The molecular formula is C14H20N2O. The van der Waals surface area contributed by atoms with Crippen molar-refractivity contribution < 1.29 is 4.74 Å². The van der Waals surface area contributed by atoms with Crippen molar-refractivity contribution in [2.45, 2.75) is 26.3 Å². The lowest BCUT2D eigenvalue weighted by Gasteiger charge is -2.08. The number of rotatable bonds is 5. The lowest BCUT2D eigenvalue weighted by molar-refractivity contribution is 0.419. The summed E-state index contributed by atoms with van der Waals surface area (Å²) < 4.78 is 5.41. The molecule has 0 spiro atoms. The predicted octanol–water partition coefficient (Wildman–Crippen LogP) is 2.72. The maximum Gasteiger partial charge on any atom is 0.128 e. The maximum absolute atomic E-state index is 5.41. The van der Waals surface area contributed by atoms with Crippen molar-refractivity contribution in [3.05, 3.63) is 30.0 Å². The third kappa shape index (κ3) is 2.61. The van der Waals surface area contributed by atoms with Gasteiger partial charge in [0.15, 0.2) is 0 Å². The van der Waals surface area contributed by atoms with Crippen LogP contribution in [-0.2, 0) is 6.42 Å². The van der Waals surface area contributed by atoms with Gasteiger partial charge in [0.05, 0.1) is 7.11 Å². The van der Waals surface area contributed by atoms with E-state index in [1.165, 1.54) is 10.9 Å². The molecule has 0 saturated heterocycles. The normalized spacial score (nSPS) is 11.3. The van der Waals surface area contributed by atoms with Gasteiger partial charge in [-0.2, -0.15) is 0 Å². The first-order valence-electron chi connectivity index (χ1n) is 6.08. The average Bonchev–Trinajstić information content (AvgIpc) is 2.72. The standard InChI is InChI=1S/C14H20N2O/c1-10(2)15-8-7-11-9-16-12-5-4-6-13(17-3)14(11)12/h4-6,9-10,15-16H,7-8H2,1-3H3. The Balaban J connectivity index is 2.22. The molecule has 3 nitrogen and oxygen atoms in total. The smallest absolute Gasteiger partial charge is 0.128 e. The topological polar surface area (TPSA) is 37.0 Å². The van der Waals surface area contributed by atoms with E-state index in [4.69, 9.17) is 4.74 Å². The highest BCUT2D eigenvalue weighted by Gasteiger charge is 2.08. The molecule has 0 fully saturated rings. The fourth-order valence-electron chi connectivity index (χ4n) is 2.08. The molecule has 0 unspecified atom stereocenters. The minimum absolute atomic E-state index is 0.530. The van der Waals surface area contributed by atoms with E-state index in [-0.39, 0.29) is 0 Å². The van der Waals surface area contributed by atoms with Crippen LogP contribution in [0.25, 0.3) is 10.9 Å². The van der Waals surface area contributed by atoms with Crippen molar-refractivity contribution in [3.8, 4) is 5.75 Å². The minimum Gasteiger partial charge on any atom is -0.496 e. The number of hydrogen-bond donors (Lipinski definition) is 2. The summed E-state index contributed by atoms with van der Waals surface area (Å²) in [4.78, 5) is 3.29. The molecule has 0 aliphatic rings. The van der Waals surface area contributed by atoms with Gasteiger partial charge in [-0.25, -0.2) is 0 Å². The molecule has 0 saturated carbocycles. The van der Waals surface area contributed by atoms with Gasteiger partial charge in [-0.1, -0.05) is 19.9 Å². The zero-order chi connectivity index (χ0) is 12.3. The van der Waals surface area contributed by atoms with Gasteiger partial charge in [0.1, 0.15) is 5.75 Å². The maximum atomic E-state index is 5.41. The molecule has 1 aromatic carbocycles. The number of hydrogen-bond acceptors (Lipinski definition) is 2. The number of aromatic nitrogens is 1. The Kier molecular flexibility index (Phi) is 3.69. The lowest BCUT2D eigenvalue weighted by Crippen LogP contribution is -2.24. The number of ether oxygens (including phenoxy) is 1. The van der Waals surface area contributed by atoms with Gasteiger partial charge in [-0.05, 0) is 30.7 Å². The first kappa shape index (κ1) is 12.0. The Morgan fingerprint density at radius 3 is 2.88 bits per heavy atom. The monoisotopic (exact) mass is 232 g/mol. The summed E-state index contributed by atoms with van der Waals surface area (Å²) in [5, 5.41) is 4.64. The van der Waals surface area contributed by atoms with Crippen LogP contribution in [0.1, 0.15) is 19.4 Å². The summed E-state index contributed by atoms with van der Waals surface area (Å²) >= 11 is 0. The van der Waals surface area contributed by atoms with Crippen LogP contribution in [0.5, 0.6) is 5.75 Å². The van der Waals surface area contributed by atoms with Gasteiger partial charge in [0, 0.05) is 23.1 Å². The van der Waals surface area contributed by atoms with Crippen molar-refractivity contribution in [3.63, 3.8) is 0 Å². The summed E-state index contributed by atoms with van der Waals surface area (Å²) in [6.45, 7) is 5.31. The SMILES string of the molecule is COc1cccc2[nH]cc(CCNC(C)C)c12. The molecule has 2 aromatic rings. The van der Waals surface area contributed by atoms with Crippen molar-refractivity contribution >= 4 is 10.9 Å². The van der Waals surface area contributed by atoms with E-state index in [1.54, 1.807) is 7.11 Å². The van der Waals surface area contributed by atoms with Crippen molar-refractivity contribution in [2.75, 3.05) is 13.7 Å². The molecule has 2 N–H and O–H groups in total. The third-order valence-corrected chi connectivity index (χ3v) is 2.92. The van der Waals surface area contributed by atoms with Gasteiger partial charge < -0.3 is 15.0 Å². The van der Waals surface area contributed by atoms with Crippen LogP contribution in [0.3, 0.4) is 0 Å². The second kappa shape index (κ2) is 5.23. The number of benzene rings is 1. The minimum atomic E-state index is 0.530. The number of aromatic amines is 1. The molecule has 92 valence electrons. The summed E-state index contributed by atoms with van der Waals surface area (Å²) in [6, 6.07) is 6.63. The van der Waals surface area contributed by atoms with Crippen LogP contribution in [0, 0.1) is 0 Å². The Morgan fingerprint density at radius 1 is 1.35 bits per heavy atom. The number of fused-ring (bicyclic) bond motifs is 1. The molecule has 0 aliphatic heterocycles. The molecule has 0 amide bonds. The van der Waals surface area contributed by atoms with Gasteiger partial charge in [-0.3, -0.25) is 0 Å². The summed E-state index contributed by atoms with van der Waals surface area (Å²) in [5.41, 5.74) is 2.45. The quantitative estimate of drug-likeness (QED) is 0.831. The zero-order valence-electron chi connectivity index (χ0n) is 10.7. The highest BCUT2D eigenvalue weighted by atomic mass is 16.5. The molecule has 17 heavy (non-hydrogen) atoms. The van der Waals surface area contributed by atoms with Crippen molar-refractivity contribution in [1.82, 2.24) is 10.3 Å². The van der Waals surface area contributed by atoms with E-state index in [0.29, 0.717) is 6.04 Å². The summed E-state index contributed by atoms with van der Waals surface area (Å²) in [6.07, 6.45) is 3.09. The van der Waals surface area contributed by atoms with Crippen LogP contribution in [0.15, 0.2) is 24.4 Å². The zero-order valence-corrected chi connectivity index (χ0v) is 10.7. The van der Waals surface area contributed by atoms with Crippen molar-refractivity contribution in [2.24, 2.45) is 0 Å². The highest BCUT2D eigenvalue weighted by molar-refractivity contribution is 5.89. The largest absolute Gasteiger partial charge is 0.496 e. The fraction of sp³-hybridized carbons (Fsp3) is 0.429. The van der Waals surface area contributed by atoms with Gasteiger partial charge in [0.2, 0.25) is 0 Å². The Labute approximate surface area is 102 Å². The van der Waals surface area contributed by atoms with Crippen LogP contribution in [0.4, 0.5) is 0 Å². The van der Waals surface area contributed by atoms with E-state index in [2.05, 4.69) is 36.4 Å². The molecule has 0 bridgehead atoms. The predicted molar refractivity (Wildman–Crippen MR) is 71.7 cm³/mol. The lowest BCUT2D eigenvalue weighted by atomic mass is 10.1. The average molecular weight is 232 g/mol. The molecule has 2 rings (SSSR count). The Morgan fingerprint density at radius 2 is 2.18 bits per heavy atom. The summed E-state index contributed by atoms with van der Waals surface area (Å²) in [5.74, 6) is 0.947. The van der Waals surface area contributed by atoms with E-state index in [1.807, 2.05) is 12.1 Å². The fourth-order valence-corrected chi connectivity index (χ4v) is 2.08. The van der Waals surface area contributed by atoms with Crippen LogP contribution >= 0.6 is 0 Å². The third-order valence-electron chi connectivity index (χ3n) is 2.92. The van der Waals surface area contributed by atoms with E-state index < -0.39 is 0 Å². The van der Waals surface area contributed by atoms with E-state index in [0.717, 1.165) is 24.2 Å². The van der Waals surface area contributed by atoms with Crippen molar-refractivity contribution in [1.29, 1.82) is 0 Å². The molecule has 0 aliphatic carbocycles. The molecule has 1 aromatic heterocycles. The first-order chi connectivity index (χ1) is 8.22. The highest BCUT2D eigenvalue weighted by Crippen LogP contribution is 2.28. The molecule has 3 heteroatoms. The van der Waals surface area contributed by atoms with Crippen LogP contribution in [-0.4, -0.2) is 24.7 Å². The second-order valence-electron chi connectivity index (χ2n) is 4.56. The van der Waals surface area contributed by atoms with Gasteiger partial charge in [0.25, 0.3) is 0 Å². The van der Waals surface area contributed by atoms with E-state index in [9.17, 15) is 0 Å². The van der Waals surface area contributed by atoms with Crippen LogP contribution in [0.2, 0.25) is 0 Å². The van der Waals surface area contributed by atoms with Gasteiger partial charge in [-0.15, -0.1) is 0 Å². The van der Waals surface area contributed by atoms with Gasteiger partial charge >= 0.3 is 0 Å². The Bertz CT molecular complexity index is 488. The molecule has 1 heterocycles. The first-order valence-corrected chi connectivity index (χ1v) is 6.08. The number of methoxy groups -OCH3 is 1. The van der Waals surface area contributed by atoms with Crippen LogP contribution < -0.4 is 10.1 Å². The molecule has 0 radical (unpaired) electrons. The number of H-pyrrole nitrogens is 1. The number of nitrogens with one attached hydrogen (secondary N) is 2. The second-order valence-corrected chi connectivity index (χ2v) is 4.56. The molecular weight excluding hydrogens is 212 g/mol. The van der Waals surface area contributed by atoms with E-state index >= 15 is 0 Å². The summed E-state index contributed by atoms with van der Waals surface area (Å²) in [7, 11) is 1.72. The Hall–Kier alpha value is -1.48. The molecule has 0 atom stereocenters.